The van der Waals surface area contributed by atoms with E-state index in [1.807, 2.05) is 24.3 Å². The number of benzene rings is 2. The molecule has 0 aliphatic carbocycles. The molecular weight excluding hydrogens is 234 g/mol. The summed E-state index contributed by atoms with van der Waals surface area (Å²) in [6.45, 7) is 6.15. The molecule has 0 fully saturated rings. The third kappa shape index (κ3) is 3.22. The van der Waals surface area contributed by atoms with Crippen LogP contribution in [0.3, 0.4) is 0 Å². The molecule has 0 unspecified atom stereocenters. The highest BCUT2D eigenvalue weighted by Crippen LogP contribution is 2.20. The van der Waals surface area contributed by atoms with Crippen LogP contribution in [0.5, 0.6) is 0 Å². The number of rotatable bonds is 4. The maximum Gasteiger partial charge on any atom is 0.251 e. The Labute approximate surface area is 114 Å². The van der Waals surface area contributed by atoms with Crippen LogP contribution in [0.4, 0.5) is 0 Å². The molecule has 0 atom stereocenters. The van der Waals surface area contributed by atoms with Crippen LogP contribution >= 0.6 is 0 Å². The lowest BCUT2D eigenvalue weighted by Crippen LogP contribution is -2.22. The first-order valence-corrected chi connectivity index (χ1v) is 6.51. The van der Waals surface area contributed by atoms with E-state index < -0.39 is 0 Å². The highest BCUT2D eigenvalue weighted by atomic mass is 16.1. The molecule has 1 N–H and O–H groups in total. The summed E-state index contributed by atoms with van der Waals surface area (Å²) >= 11 is 0. The second-order valence-corrected chi connectivity index (χ2v) is 4.38. The number of aryl methyl sites for hydroxylation is 1. The van der Waals surface area contributed by atoms with Crippen LogP contribution in [-0.4, -0.2) is 12.5 Å². The molecule has 2 aromatic rings. The molecule has 0 aromatic heterocycles. The fraction of sp³-hybridized carbons (Fsp3) is 0.176. The Morgan fingerprint density at radius 1 is 1.00 bits per heavy atom. The highest BCUT2D eigenvalue weighted by molar-refractivity contribution is 5.94. The van der Waals surface area contributed by atoms with Gasteiger partial charge in [-0.3, -0.25) is 4.79 Å². The maximum atomic E-state index is 11.6. The van der Waals surface area contributed by atoms with Crippen molar-refractivity contribution in [2.45, 2.75) is 13.3 Å². The van der Waals surface area contributed by atoms with Crippen LogP contribution in [0.15, 0.2) is 48.5 Å². The summed E-state index contributed by atoms with van der Waals surface area (Å²) in [5.74, 6) is -0.0807. The number of amides is 1. The second-order valence-electron chi connectivity index (χ2n) is 4.38. The van der Waals surface area contributed by atoms with Crippen LogP contribution in [0.1, 0.15) is 22.8 Å². The monoisotopic (exact) mass is 252 g/mol. The van der Waals surface area contributed by atoms with Crippen molar-refractivity contribution in [3.8, 4) is 11.1 Å². The average molecular weight is 252 g/mol. The van der Waals surface area contributed by atoms with E-state index in [0.717, 1.165) is 12.0 Å². The van der Waals surface area contributed by atoms with Crippen molar-refractivity contribution in [2.24, 2.45) is 0 Å². The van der Waals surface area contributed by atoms with Gasteiger partial charge in [0, 0.05) is 12.1 Å². The molecule has 0 aliphatic heterocycles. The third-order valence-electron chi connectivity index (χ3n) is 3.13. The zero-order valence-electron chi connectivity index (χ0n) is 11.1. The Hall–Kier alpha value is -2.09. The summed E-state index contributed by atoms with van der Waals surface area (Å²) in [6, 6.07) is 16.1. The molecule has 0 heterocycles. The van der Waals surface area contributed by atoms with Crippen molar-refractivity contribution in [3.05, 3.63) is 66.6 Å². The van der Waals surface area contributed by atoms with Crippen LogP contribution in [-0.2, 0) is 6.42 Å². The first-order chi connectivity index (χ1) is 9.24. The van der Waals surface area contributed by atoms with E-state index in [1.54, 1.807) is 0 Å². The van der Waals surface area contributed by atoms with Crippen molar-refractivity contribution in [3.63, 3.8) is 0 Å². The summed E-state index contributed by atoms with van der Waals surface area (Å²) in [5.41, 5.74) is 4.28. The van der Waals surface area contributed by atoms with Crippen molar-refractivity contribution in [1.82, 2.24) is 5.32 Å². The van der Waals surface area contributed by atoms with Gasteiger partial charge in [-0.25, -0.2) is 0 Å². The summed E-state index contributed by atoms with van der Waals surface area (Å²) in [6.07, 6.45) is 1.05. The molecule has 0 saturated heterocycles. The van der Waals surface area contributed by atoms with Crippen molar-refractivity contribution < 1.29 is 4.79 Å². The van der Waals surface area contributed by atoms with Crippen LogP contribution in [0.25, 0.3) is 11.1 Å². The largest absolute Gasteiger partial charge is 0.352 e. The summed E-state index contributed by atoms with van der Waals surface area (Å²) in [7, 11) is 0. The van der Waals surface area contributed by atoms with Gasteiger partial charge < -0.3 is 5.32 Å². The smallest absolute Gasteiger partial charge is 0.251 e. The summed E-state index contributed by atoms with van der Waals surface area (Å²) in [5, 5.41) is 2.69. The van der Waals surface area contributed by atoms with Gasteiger partial charge in [-0.1, -0.05) is 43.3 Å². The number of hydrogen-bond acceptors (Lipinski definition) is 1. The van der Waals surface area contributed by atoms with Crippen molar-refractivity contribution in [1.29, 1.82) is 0 Å². The molecule has 0 bridgehead atoms. The number of hydrogen-bond donors (Lipinski definition) is 1. The topological polar surface area (TPSA) is 29.1 Å². The SMILES string of the molecule is [CH2]CNC(=O)c1ccc(-c2ccc(CC)cc2)cc1. The minimum atomic E-state index is -0.0807. The number of nitrogens with one attached hydrogen (secondary N) is 1. The minimum absolute atomic E-state index is 0.0807. The second kappa shape index (κ2) is 6.19. The van der Waals surface area contributed by atoms with Crippen LogP contribution in [0, 0.1) is 6.92 Å². The van der Waals surface area contributed by atoms with Gasteiger partial charge in [0.2, 0.25) is 0 Å². The van der Waals surface area contributed by atoms with E-state index in [-0.39, 0.29) is 5.91 Å². The molecule has 97 valence electrons. The van der Waals surface area contributed by atoms with Gasteiger partial charge in [-0.2, -0.15) is 0 Å². The molecule has 2 rings (SSSR count). The Kier molecular flexibility index (Phi) is 4.35. The zero-order chi connectivity index (χ0) is 13.7. The molecule has 0 spiro atoms. The number of carbonyl (C=O) groups excluding carboxylic acids is 1. The van der Waals surface area contributed by atoms with E-state index in [2.05, 4.69) is 43.4 Å². The molecular formula is C17H18NO. The van der Waals surface area contributed by atoms with E-state index in [0.29, 0.717) is 12.1 Å². The first kappa shape index (κ1) is 13.3. The molecule has 2 nitrogen and oxygen atoms in total. The maximum absolute atomic E-state index is 11.6. The average Bonchev–Trinajstić information content (AvgIpc) is 2.48. The van der Waals surface area contributed by atoms with E-state index >= 15 is 0 Å². The fourth-order valence-corrected chi connectivity index (χ4v) is 1.96. The van der Waals surface area contributed by atoms with Gasteiger partial charge >= 0.3 is 0 Å². The molecule has 0 saturated carbocycles. The van der Waals surface area contributed by atoms with Gasteiger partial charge in [-0.05, 0) is 42.2 Å². The molecule has 0 aliphatic rings. The molecule has 2 heteroatoms. The summed E-state index contributed by atoms with van der Waals surface area (Å²) in [4.78, 5) is 11.6. The molecule has 1 amide bonds. The van der Waals surface area contributed by atoms with Crippen LogP contribution in [0.2, 0.25) is 0 Å². The van der Waals surface area contributed by atoms with Crippen LogP contribution < -0.4 is 5.32 Å². The lowest BCUT2D eigenvalue weighted by molar-refractivity contribution is 0.0958. The quantitative estimate of drug-likeness (QED) is 0.886. The Balaban J connectivity index is 2.19. The zero-order valence-corrected chi connectivity index (χ0v) is 11.1. The predicted octanol–water partition coefficient (Wildman–Crippen LogP) is 3.48. The molecule has 2 aromatic carbocycles. The standard InChI is InChI=1S/C17H18NO/c1-3-13-5-7-14(8-6-13)15-9-11-16(12-10-15)17(19)18-4-2/h5-12H,2-4H2,1H3,(H,18,19). The van der Waals surface area contributed by atoms with E-state index in [4.69, 9.17) is 0 Å². The minimum Gasteiger partial charge on any atom is -0.352 e. The Bertz CT molecular complexity index is 540. The van der Waals surface area contributed by atoms with Gasteiger partial charge in [0.15, 0.2) is 0 Å². The van der Waals surface area contributed by atoms with Gasteiger partial charge in [0.05, 0.1) is 0 Å². The van der Waals surface area contributed by atoms with E-state index in [9.17, 15) is 4.79 Å². The normalized spacial score (nSPS) is 10.2. The van der Waals surface area contributed by atoms with Crippen molar-refractivity contribution in [2.75, 3.05) is 6.54 Å². The lowest BCUT2D eigenvalue weighted by Gasteiger charge is -2.05. The summed E-state index contributed by atoms with van der Waals surface area (Å²) < 4.78 is 0. The Morgan fingerprint density at radius 3 is 2.00 bits per heavy atom. The predicted molar refractivity (Wildman–Crippen MR) is 78.9 cm³/mol. The molecule has 1 radical (unpaired) electrons. The van der Waals surface area contributed by atoms with Gasteiger partial charge in [0.25, 0.3) is 5.91 Å². The van der Waals surface area contributed by atoms with Crippen molar-refractivity contribution >= 4 is 5.91 Å². The van der Waals surface area contributed by atoms with E-state index in [1.165, 1.54) is 11.1 Å². The Morgan fingerprint density at radius 2 is 1.53 bits per heavy atom. The molecule has 19 heavy (non-hydrogen) atoms. The fourth-order valence-electron chi connectivity index (χ4n) is 1.96. The number of carbonyl (C=O) groups is 1. The van der Waals surface area contributed by atoms with Gasteiger partial charge in [-0.15, -0.1) is 0 Å². The highest BCUT2D eigenvalue weighted by Gasteiger charge is 2.04. The first-order valence-electron chi connectivity index (χ1n) is 6.51. The third-order valence-corrected chi connectivity index (χ3v) is 3.13. The lowest BCUT2D eigenvalue weighted by atomic mass is 10.0. The van der Waals surface area contributed by atoms with Gasteiger partial charge in [0.1, 0.15) is 0 Å².